The molecule has 0 unspecified atom stereocenters. The van der Waals surface area contributed by atoms with Gasteiger partial charge in [-0.2, -0.15) is 9.67 Å². The minimum Gasteiger partial charge on any atom is -0.492 e. The summed E-state index contributed by atoms with van der Waals surface area (Å²) in [7, 11) is 0. The quantitative estimate of drug-likeness (QED) is 0.281. The molecule has 4 rings (SSSR count). The molecule has 10 heteroatoms. The zero-order valence-electron chi connectivity index (χ0n) is 17.2. The Morgan fingerprint density at radius 2 is 2.06 bits per heavy atom. The van der Waals surface area contributed by atoms with Gasteiger partial charge in [0.15, 0.2) is 0 Å². The minimum atomic E-state index is -0.288. The smallest absolute Gasteiger partial charge is 0.226 e. The third-order valence-corrected chi connectivity index (χ3v) is 5.50. The molecule has 160 valence electrons. The fraction of sp³-hybridized carbons (Fsp3) is 0.286. The summed E-state index contributed by atoms with van der Waals surface area (Å²) >= 11 is 1.53. The average Bonchev–Trinajstić information content (AvgIpc) is 3.44. The van der Waals surface area contributed by atoms with E-state index in [2.05, 4.69) is 25.7 Å². The van der Waals surface area contributed by atoms with E-state index in [4.69, 9.17) is 9.26 Å². The second kappa shape index (κ2) is 9.69. The van der Waals surface area contributed by atoms with E-state index in [1.807, 2.05) is 31.2 Å². The normalized spacial score (nSPS) is 11.1. The highest BCUT2D eigenvalue weighted by Crippen LogP contribution is 2.26. The summed E-state index contributed by atoms with van der Waals surface area (Å²) in [5.41, 5.74) is 1.97. The third-order valence-electron chi connectivity index (χ3n) is 4.50. The molecule has 0 saturated carbocycles. The number of tetrazole rings is 1. The van der Waals surface area contributed by atoms with Gasteiger partial charge in [0.2, 0.25) is 16.9 Å². The van der Waals surface area contributed by atoms with E-state index >= 15 is 0 Å². The summed E-state index contributed by atoms with van der Waals surface area (Å²) in [5.74, 6) is 2.10. The van der Waals surface area contributed by atoms with Crippen LogP contribution in [0.1, 0.15) is 24.8 Å². The first-order valence-electron chi connectivity index (χ1n) is 9.88. The van der Waals surface area contributed by atoms with Crippen LogP contribution in [0, 0.1) is 12.7 Å². The predicted octanol–water partition coefficient (Wildman–Crippen LogP) is 4.28. The van der Waals surface area contributed by atoms with Gasteiger partial charge in [-0.1, -0.05) is 41.2 Å². The molecule has 2 aromatic carbocycles. The van der Waals surface area contributed by atoms with Gasteiger partial charge in [-0.15, -0.1) is 5.10 Å². The third kappa shape index (κ3) is 4.91. The zero-order valence-corrected chi connectivity index (χ0v) is 18.0. The molecule has 2 aromatic heterocycles. The van der Waals surface area contributed by atoms with Crippen LogP contribution in [-0.4, -0.2) is 42.7 Å². The topological polar surface area (TPSA) is 91.8 Å². The first kappa shape index (κ1) is 21.0. The Morgan fingerprint density at radius 1 is 1.19 bits per heavy atom. The SMILES string of the molecule is CCOc1ccccc1-n1nnnc1SCCCc1nc(-c2ccc(C)c(F)c2)no1. The standard InChI is InChI=1S/C21H21FN6O2S/c1-3-29-18-8-5-4-7-17(18)28-21(24-26-27-28)31-12-6-9-19-23-20(25-30-19)15-11-10-14(2)16(22)13-15/h4-5,7-8,10-11,13H,3,6,9,12H2,1-2H3. The highest BCUT2D eigenvalue weighted by molar-refractivity contribution is 7.99. The highest BCUT2D eigenvalue weighted by atomic mass is 32.2. The lowest BCUT2D eigenvalue weighted by molar-refractivity contribution is 0.337. The van der Waals surface area contributed by atoms with Crippen molar-refractivity contribution in [2.75, 3.05) is 12.4 Å². The molecule has 0 spiro atoms. The second-order valence-electron chi connectivity index (χ2n) is 6.70. The van der Waals surface area contributed by atoms with E-state index in [-0.39, 0.29) is 5.82 Å². The number of hydrogen-bond acceptors (Lipinski definition) is 8. The first-order chi connectivity index (χ1) is 15.2. The molecule has 0 bridgehead atoms. The molecule has 0 N–H and O–H groups in total. The fourth-order valence-electron chi connectivity index (χ4n) is 2.92. The van der Waals surface area contributed by atoms with Crippen LogP contribution in [0.2, 0.25) is 0 Å². The van der Waals surface area contributed by atoms with Gasteiger partial charge in [0.05, 0.1) is 6.61 Å². The van der Waals surface area contributed by atoms with E-state index in [1.165, 1.54) is 17.8 Å². The van der Waals surface area contributed by atoms with E-state index in [9.17, 15) is 4.39 Å². The molecule has 0 radical (unpaired) electrons. The largest absolute Gasteiger partial charge is 0.492 e. The minimum absolute atomic E-state index is 0.288. The van der Waals surface area contributed by atoms with E-state index < -0.39 is 0 Å². The molecule has 0 fully saturated rings. The Hall–Kier alpha value is -3.27. The van der Waals surface area contributed by atoms with Gasteiger partial charge in [0.25, 0.3) is 0 Å². The number of halogens is 1. The van der Waals surface area contributed by atoms with E-state index in [0.717, 1.165) is 23.6 Å². The maximum absolute atomic E-state index is 13.8. The van der Waals surface area contributed by atoms with Gasteiger partial charge in [-0.05, 0) is 54.5 Å². The Morgan fingerprint density at radius 3 is 2.90 bits per heavy atom. The maximum atomic E-state index is 13.8. The Bertz CT molecular complexity index is 1160. The summed E-state index contributed by atoms with van der Waals surface area (Å²) in [4.78, 5) is 4.37. The van der Waals surface area contributed by atoms with Crippen molar-refractivity contribution in [3.63, 3.8) is 0 Å². The van der Waals surface area contributed by atoms with Crippen LogP contribution < -0.4 is 4.74 Å². The van der Waals surface area contributed by atoms with Crippen LogP contribution in [-0.2, 0) is 6.42 Å². The number of benzene rings is 2. The van der Waals surface area contributed by atoms with Crippen molar-refractivity contribution in [1.29, 1.82) is 0 Å². The summed E-state index contributed by atoms with van der Waals surface area (Å²) in [6, 6.07) is 12.5. The number of hydrogen-bond donors (Lipinski definition) is 0. The highest BCUT2D eigenvalue weighted by Gasteiger charge is 2.14. The molecule has 8 nitrogen and oxygen atoms in total. The monoisotopic (exact) mass is 440 g/mol. The lowest BCUT2D eigenvalue weighted by Gasteiger charge is -2.10. The summed E-state index contributed by atoms with van der Waals surface area (Å²) < 4.78 is 26.4. The molecular formula is C21H21FN6O2S. The maximum Gasteiger partial charge on any atom is 0.226 e. The molecule has 2 heterocycles. The summed E-state index contributed by atoms with van der Waals surface area (Å²) in [6.07, 6.45) is 1.39. The molecule has 0 atom stereocenters. The van der Waals surface area contributed by atoms with Crippen LogP contribution in [0.5, 0.6) is 5.75 Å². The van der Waals surface area contributed by atoms with Gasteiger partial charge in [-0.3, -0.25) is 0 Å². The van der Waals surface area contributed by atoms with Gasteiger partial charge in [0.1, 0.15) is 17.3 Å². The van der Waals surface area contributed by atoms with Crippen molar-refractivity contribution in [3.8, 4) is 22.8 Å². The van der Waals surface area contributed by atoms with Crippen molar-refractivity contribution in [3.05, 3.63) is 59.7 Å². The number of aryl methyl sites for hydroxylation is 2. The lowest BCUT2D eigenvalue weighted by atomic mass is 10.1. The summed E-state index contributed by atoms with van der Waals surface area (Å²) in [6.45, 7) is 4.21. The predicted molar refractivity (Wildman–Crippen MR) is 114 cm³/mol. The van der Waals surface area contributed by atoms with E-state index in [0.29, 0.717) is 41.0 Å². The van der Waals surface area contributed by atoms with Crippen LogP contribution in [0.15, 0.2) is 52.1 Å². The van der Waals surface area contributed by atoms with Gasteiger partial charge in [-0.25, -0.2) is 4.39 Å². The molecule has 0 amide bonds. The molecule has 0 aliphatic heterocycles. The van der Waals surface area contributed by atoms with Crippen LogP contribution >= 0.6 is 11.8 Å². The van der Waals surface area contributed by atoms with Crippen molar-refractivity contribution in [1.82, 2.24) is 30.3 Å². The van der Waals surface area contributed by atoms with Gasteiger partial charge >= 0.3 is 0 Å². The van der Waals surface area contributed by atoms with Crippen molar-refractivity contribution in [2.45, 2.75) is 31.8 Å². The molecule has 0 saturated heterocycles. The number of para-hydroxylation sites is 2. The van der Waals surface area contributed by atoms with Crippen LogP contribution in [0.4, 0.5) is 4.39 Å². The first-order valence-corrected chi connectivity index (χ1v) is 10.9. The fourth-order valence-corrected chi connectivity index (χ4v) is 3.74. The molecule has 0 aliphatic carbocycles. The Labute approximate surface area is 182 Å². The Kier molecular flexibility index (Phi) is 6.56. The molecule has 31 heavy (non-hydrogen) atoms. The number of ether oxygens (including phenoxy) is 1. The van der Waals surface area contributed by atoms with Crippen molar-refractivity contribution < 1.29 is 13.7 Å². The number of nitrogens with zero attached hydrogens (tertiary/aromatic N) is 6. The van der Waals surface area contributed by atoms with Crippen LogP contribution in [0.3, 0.4) is 0 Å². The number of rotatable bonds is 9. The second-order valence-corrected chi connectivity index (χ2v) is 7.76. The molecular weight excluding hydrogens is 419 g/mol. The number of aromatic nitrogens is 6. The number of thioether (sulfide) groups is 1. The van der Waals surface area contributed by atoms with Gasteiger partial charge < -0.3 is 9.26 Å². The zero-order chi connectivity index (χ0) is 21.6. The van der Waals surface area contributed by atoms with Crippen molar-refractivity contribution >= 4 is 11.8 Å². The summed E-state index contributed by atoms with van der Waals surface area (Å²) in [5, 5.41) is 16.7. The van der Waals surface area contributed by atoms with E-state index in [1.54, 1.807) is 23.7 Å². The van der Waals surface area contributed by atoms with Crippen LogP contribution in [0.25, 0.3) is 17.1 Å². The molecule has 0 aliphatic rings. The average molecular weight is 441 g/mol. The Balaban J connectivity index is 1.35. The van der Waals surface area contributed by atoms with Gasteiger partial charge in [0, 0.05) is 17.7 Å². The molecule has 4 aromatic rings. The van der Waals surface area contributed by atoms with Crippen molar-refractivity contribution in [2.24, 2.45) is 0 Å². The lowest BCUT2D eigenvalue weighted by Crippen LogP contribution is -2.03.